The highest BCUT2D eigenvalue weighted by Crippen LogP contribution is 2.39. The summed E-state index contributed by atoms with van der Waals surface area (Å²) < 4.78 is 13.1. The highest BCUT2D eigenvalue weighted by molar-refractivity contribution is 7.99. The average Bonchev–Trinajstić information content (AvgIpc) is 2.68. The zero-order valence-electron chi connectivity index (χ0n) is 17.4. The molecule has 1 aliphatic heterocycles. The Kier molecular flexibility index (Phi) is 6.52. The van der Waals surface area contributed by atoms with E-state index in [1.807, 2.05) is 39.1 Å². The minimum atomic E-state index is -0.392. The summed E-state index contributed by atoms with van der Waals surface area (Å²) in [5.41, 5.74) is 1.03. The van der Waals surface area contributed by atoms with E-state index in [9.17, 15) is 9.59 Å². The first-order valence-corrected chi connectivity index (χ1v) is 10.7. The average molecular weight is 418 g/mol. The summed E-state index contributed by atoms with van der Waals surface area (Å²) in [6, 6.07) is 5.54. The van der Waals surface area contributed by atoms with Crippen LogP contribution in [0.1, 0.15) is 50.7 Å². The lowest BCUT2D eigenvalue weighted by Gasteiger charge is -2.28. The molecule has 1 aliphatic rings. The highest BCUT2D eigenvalue weighted by atomic mass is 32.2. The van der Waals surface area contributed by atoms with E-state index in [0.717, 1.165) is 17.7 Å². The number of aromatic nitrogens is 2. The molecule has 1 N–H and O–H groups in total. The topological polar surface area (TPSA) is 82.5 Å². The molecule has 0 aliphatic carbocycles. The molecule has 0 fully saturated rings. The molecule has 29 heavy (non-hydrogen) atoms. The summed E-state index contributed by atoms with van der Waals surface area (Å²) in [5.74, 6) is 2.05. The van der Waals surface area contributed by atoms with Crippen molar-refractivity contribution in [1.82, 2.24) is 9.55 Å². The molecule has 0 saturated heterocycles. The van der Waals surface area contributed by atoms with Gasteiger partial charge in [0.25, 0.3) is 5.56 Å². The van der Waals surface area contributed by atoms with Gasteiger partial charge in [0.05, 0.1) is 18.8 Å². The van der Waals surface area contributed by atoms with E-state index in [1.165, 1.54) is 11.8 Å². The summed E-state index contributed by atoms with van der Waals surface area (Å²) in [6.07, 6.45) is 1.15. The molecule has 2 heterocycles. The molecule has 1 aromatic carbocycles. The number of methoxy groups -OCH3 is 1. The quantitative estimate of drug-likeness (QED) is 0.548. The third kappa shape index (κ3) is 4.42. The van der Waals surface area contributed by atoms with Gasteiger partial charge in [-0.05, 0) is 38.0 Å². The Labute approximate surface area is 174 Å². The van der Waals surface area contributed by atoms with E-state index < -0.39 is 5.92 Å². The van der Waals surface area contributed by atoms with Crippen LogP contribution >= 0.6 is 11.8 Å². The predicted molar refractivity (Wildman–Crippen MR) is 114 cm³/mol. The van der Waals surface area contributed by atoms with Gasteiger partial charge >= 0.3 is 0 Å². The molecule has 1 atom stereocenters. The van der Waals surface area contributed by atoms with Gasteiger partial charge in [-0.2, -0.15) is 4.98 Å². The van der Waals surface area contributed by atoms with Crippen LogP contribution in [-0.4, -0.2) is 34.4 Å². The van der Waals surface area contributed by atoms with E-state index >= 15 is 0 Å². The normalized spacial score (nSPS) is 15.8. The van der Waals surface area contributed by atoms with Gasteiger partial charge in [0, 0.05) is 25.1 Å². The van der Waals surface area contributed by atoms with Crippen LogP contribution in [0.3, 0.4) is 0 Å². The number of thioether (sulfide) groups is 1. The van der Waals surface area contributed by atoms with Crippen molar-refractivity contribution in [2.45, 2.75) is 50.8 Å². The van der Waals surface area contributed by atoms with Gasteiger partial charge in [0.15, 0.2) is 16.7 Å². The summed E-state index contributed by atoms with van der Waals surface area (Å²) in [5, 5.41) is 3.47. The van der Waals surface area contributed by atoms with Crippen LogP contribution in [0.5, 0.6) is 11.5 Å². The number of hydrogen-bond donors (Lipinski definition) is 1. The van der Waals surface area contributed by atoms with Crippen molar-refractivity contribution in [2.24, 2.45) is 7.05 Å². The Morgan fingerprint density at radius 2 is 2.07 bits per heavy atom. The second-order valence-electron chi connectivity index (χ2n) is 7.25. The molecule has 8 heteroatoms. The minimum Gasteiger partial charge on any atom is -0.493 e. The molecule has 0 saturated carbocycles. The largest absolute Gasteiger partial charge is 0.493 e. The van der Waals surface area contributed by atoms with Gasteiger partial charge in [-0.15, -0.1) is 0 Å². The third-order valence-corrected chi connectivity index (χ3v) is 5.92. The maximum Gasteiger partial charge on any atom is 0.279 e. The highest BCUT2D eigenvalue weighted by Gasteiger charge is 2.32. The number of anilines is 1. The van der Waals surface area contributed by atoms with Crippen molar-refractivity contribution in [3.05, 3.63) is 39.7 Å². The van der Waals surface area contributed by atoms with Crippen molar-refractivity contribution >= 4 is 23.5 Å². The molecular formula is C21H27N3O4S. The third-order valence-electron chi connectivity index (χ3n) is 4.69. The molecule has 2 aromatic rings. The molecular weight excluding hydrogens is 390 g/mol. The fourth-order valence-electron chi connectivity index (χ4n) is 3.39. The molecule has 7 nitrogen and oxygen atoms in total. The SMILES string of the molecule is CCCSc1nc(=O)c2c(n1C)NC(=O)CC2c1ccc(OC(C)C)c(OC)c1. The molecule has 1 unspecified atom stereocenters. The lowest BCUT2D eigenvalue weighted by atomic mass is 9.86. The molecule has 1 aromatic heterocycles. The summed E-state index contributed by atoms with van der Waals surface area (Å²) in [7, 11) is 3.40. The zero-order valence-corrected chi connectivity index (χ0v) is 18.3. The van der Waals surface area contributed by atoms with Gasteiger partial charge in [0.1, 0.15) is 5.82 Å². The number of carbonyl (C=O) groups excluding carboxylic acids is 1. The first-order chi connectivity index (χ1) is 13.8. The first kappa shape index (κ1) is 21.2. The number of hydrogen-bond acceptors (Lipinski definition) is 6. The van der Waals surface area contributed by atoms with Crippen molar-refractivity contribution in [1.29, 1.82) is 0 Å². The second-order valence-corrected chi connectivity index (χ2v) is 8.31. The Balaban J connectivity index is 2.08. The van der Waals surface area contributed by atoms with Gasteiger partial charge in [-0.3, -0.25) is 9.59 Å². The van der Waals surface area contributed by atoms with E-state index in [4.69, 9.17) is 9.47 Å². The van der Waals surface area contributed by atoms with Crippen molar-refractivity contribution in [2.75, 3.05) is 18.2 Å². The summed E-state index contributed by atoms with van der Waals surface area (Å²) >= 11 is 1.51. The number of ether oxygens (including phenoxy) is 2. The fraction of sp³-hybridized carbons (Fsp3) is 0.476. The van der Waals surface area contributed by atoms with Crippen LogP contribution < -0.4 is 20.3 Å². The lowest BCUT2D eigenvalue weighted by molar-refractivity contribution is -0.116. The Morgan fingerprint density at radius 1 is 1.31 bits per heavy atom. The number of benzene rings is 1. The van der Waals surface area contributed by atoms with Gasteiger partial charge in [-0.1, -0.05) is 24.8 Å². The number of rotatable bonds is 7. The number of fused-ring (bicyclic) bond motifs is 1. The molecule has 0 spiro atoms. The monoisotopic (exact) mass is 417 g/mol. The fourth-order valence-corrected chi connectivity index (χ4v) is 4.21. The van der Waals surface area contributed by atoms with Crippen molar-refractivity contribution < 1.29 is 14.3 Å². The number of nitrogens with one attached hydrogen (secondary N) is 1. The molecule has 1 amide bonds. The number of amides is 1. The van der Waals surface area contributed by atoms with Gasteiger partial charge in [-0.25, -0.2) is 0 Å². The van der Waals surface area contributed by atoms with Crippen molar-refractivity contribution in [3.8, 4) is 11.5 Å². The van der Waals surface area contributed by atoms with E-state index in [0.29, 0.717) is 28.0 Å². The Hall–Kier alpha value is -2.48. The Morgan fingerprint density at radius 3 is 2.72 bits per heavy atom. The second kappa shape index (κ2) is 8.90. The van der Waals surface area contributed by atoms with Crippen molar-refractivity contribution in [3.63, 3.8) is 0 Å². The van der Waals surface area contributed by atoms with Gasteiger partial charge in [0.2, 0.25) is 5.91 Å². The zero-order chi connectivity index (χ0) is 21.1. The standard InChI is InChI=1S/C21H27N3O4S/c1-6-9-29-21-23-20(26)18-14(11-17(25)22-19(18)24(21)4)13-7-8-15(28-12(2)3)16(10-13)27-5/h7-8,10,12,14H,6,9,11H2,1-5H3,(H,22,25). The number of nitrogens with zero attached hydrogens (tertiary/aromatic N) is 2. The van der Waals surface area contributed by atoms with Crippen LogP contribution in [0.2, 0.25) is 0 Å². The predicted octanol–water partition coefficient (Wildman–Crippen LogP) is 3.55. The Bertz CT molecular complexity index is 971. The van der Waals surface area contributed by atoms with Crippen LogP contribution in [-0.2, 0) is 11.8 Å². The lowest BCUT2D eigenvalue weighted by Crippen LogP contribution is -2.33. The maximum atomic E-state index is 12.9. The smallest absolute Gasteiger partial charge is 0.279 e. The van der Waals surface area contributed by atoms with Crippen LogP contribution in [0, 0.1) is 0 Å². The van der Waals surface area contributed by atoms with E-state index in [2.05, 4.69) is 17.2 Å². The minimum absolute atomic E-state index is 0.00599. The van der Waals surface area contributed by atoms with Crippen LogP contribution in [0.15, 0.2) is 28.2 Å². The van der Waals surface area contributed by atoms with Gasteiger partial charge < -0.3 is 19.4 Å². The summed E-state index contributed by atoms with van der Waals surface area (Å²) in [6.45, 7) is 5.96. The number of carbonyl (C=O) groups is 1. The maximum absolute atomic E-state index is 12.9. The van der Waals surface area contributed by atoms with E-state index in [-0.39, 0.29) is 24.0 Å². The summed E-state index contributed by atoms with van der Waals surface area (Å²) in [4.78, 5) is 29.7. The molecule has 3 rings (SSSR count). The van der Waals surface area contributed by atoms with E-state index in [1.54, 1.807) is 11.7 Å². The molecule has 0 bridgehead atoms. The van der Waals surface area contributed by atoms with Crippen LogP contribution in [0.4, 0.5) is 5.82 Å². The van der Waals surface area contributed by atoms with Crippen LogP contribution in [0.25, 0.3) is 0 Å². The molecule has 0 radical (unpaired) electrons. The molecule has 156 valence electrons. The first-order valence-electron chi connectivity index (χ1n) is 9.73.